The van der Waals surface area contributed by atoms with E-state index in [0.29, 0.717) is 44.1 Å². The van der Waals surface area contributed by atoms with Gasteiger partial charge >= 0.3 is 0 Å². The van der Waals surface area contributed by atoms with Gasteiger partial charge in [0.15, 0.2) is 0 Å². The second-order valence-electron chi connectivity index (χ2n) is 7.44. The van der Waals surface area contributed by atoms with Crippen LogP contribution in [0.25, 0.3) is 44.1 Å². The number of nitrogens with zero attached hydrogens (tertiary/aromatic N) is 2. The first-order chi connectivity index (χ1) is 16.2. The lowest BCUT2D eigenvalue weighted by Crippen LogP contribution is -1.97. The zero-order chi connectivity index (χ0) is 24.1. The van der Waals surface area contributed by atoms with Gasteiger partial charge in [0.2, 0.25) is 0 Å². The number of rotatable bonds is 4. The van der Waals surface area contributed by atoms with Crippen LogP contribution in [0.4, 0.5) is 0 Å². The maximum absolute atomic E-state index is 12.2. The Morgan fingerprint density at radius 2 is 0.882 bits per heavy atom. The summed E-state index contributed by atoms with van der Waals surface area (Å²) in [6.07, 6.45) is 3.14. The molecule has 0 bridgehead atoms. The van der Waals surface area contributed by atoms with Crippen LogP contribution < -0.4 is 0 Å². The fraction of sp³-hybridized carbons (Fsp3) is 0. The molecule has 0 spiro atoms. The van der Waals surface area contributed by atoms with E-state index in [1.807, 2.05) is 0 Å². The molecule has 0 fully saturated rings. The third-order valence-electron chi connectivity index (χ3n) is 5.50. The topological polar surface area (TPSA) is 94.1 Å². The van der Waals surface area contributed by atoms with Crippen LogP contribution >= 0.6 is 21.4 Å². The van der Waals surface area contributed by atoms with Gasteiger partial charge < -0.3 is 0 Å². The number of hydrogen-bond donors (Lipinski definition) is 0. The van der Waals surface area contributed by atoms with Crippen molar-refractivity contribution in [3.63, 3.8) is 0 Å². The summed E-state index contributed by atoms with van der Waals surface area (Å²) in [4.78, 5) is 8.99. The first kappa shape index (κ1) is 22.7. The van der Waals surface area contributed by atoms with Crippen LogP contribution in [0, 0.1) is 0 Å². The molecule has 0 aliphatic heterocycles. The molecular formula is C24H14Cl2N2O4S2. The van der Waals surface area contributed by atoms with Crippen molar-refractivity contribution in [3.05, 3.63) is 85.2 Å². The standard InChI is InChI=1S/C24H14Cl2N2O4S2/c25-33(29,30)21-7-3-1-5-17(21)15-11-13-27-23-19(15)9-10-20-16(12-14-28-24(20)23)18-6-2-4-8-22(18)34(26,31)32/h1-14H. The SMILES string of the molecule is O=S(=O)(Cl)c1ccccc1-c1ccnc2c1ccc1c(-c3ccccc3S(=O)(=O)Cl)ccnc12. The van der Waals surface area contributed by atoms with Gasteiger partial charge in [0.05, 0.1) is 20.8 Å². The Morgan fingerprint density at radius 3 is 1.26 bits per heavy atom. The number of halogens is 2. The molecule has 5 rings (SSSR count). The van der Waals surface area contributed by atoms with Crippen molar-refractivity contribution in [1.82, 2.24) is 9.97 Å². The molecule has 2 aromatic heterocycles. The molecule has 0 N–H and O–H groups in total. The monoisotopic (exact) mass is 528 g/mol. The normalized spacial score (nSPS) is 12.3. The molecule has 10 heteroatoms. The average Bonchev–Trinajstić information content (AvgIpc) is 2.82. The van der Waals surface area contributed by atoms with Crippen molar-refractivity contribution in [3.8, 4) is 22.3 Å². The van der Waals surface area contributed by atoms with E-state index in [9.17, 15) is 16.8 Å². The van der Waals surface area contributed by atoms with Gasteiger partial charge in [-0.3, -0.25) is 9.97 Å². The van der Waals surface area contributed by atoms with Crippen molar-refractivity contribution in [1.29, 1.82) is 0 Å². The van der Waals surface area contributed by atoms with E-state index in [1.54, 1.807) is 73.1 Å². The number of benzene rings is 3. The summed E-state index contributed by atoms with van der Waals surface area (Å²) in [6.45, 7) is 0. The second kappa shape index (κ2) is 8.32. The van der Waals surface area contributed by atoms with Crippen LogP contribution in [0.15, 0.2) is 95.0 Å². The highest BCUT2D eigenvalue weighted by Crippen LogP contribution is 2.39. The van der Waals surface area contributed by atoms with Crippen molar-refractivity contribution >= 4 is 61.3 Å². The molecule has 2 heterocycles. The molecule has 5 aromatic rings. The summed E-state index contributed by atoms with van der Waals surface area (Å²) in [7, 11) is 3.39. The van der Waals surface area contributed by atoms with E-state index in [2.05, 4.69) is 9.97 Å². The average molecular weight is 529 g/mol. The van der Waals surface area contributed by atoms with Crippen molar-refractivity contribution < 1.29 is 16.8 Å². The third kappa shape index (κ3) is 3.92. The number of fused-ring (bicyclic) bond motifs is 3. The van der Waals surface area contributed by atoms with Crippen molar-refractivity contribution in [2.45, 2.75) is 9.79 Å². The molecule has 0 saturated carbocycles. The largest absolute Gasteiger partial charge is 0.261 e. The summed E-state index contributed by atoms with van der Waals surface area (Å²) in [5.41, 5.74) is 3.21. The lowest BCUT2D eigenvalue weighted by atomic mass is 9.96. The van der Waals surface area contributed by atoms with Gasteiger partial charge in [0.1, 0.15) is 0 Å². The van der Waals surface area contributed by atoms with Gasteiger partial charge in [-0.15, -0.1) is 0 Å². The quantitative estimate of drug-likeness (QED) is 0.210. The Balaban J connectivity index is 1.83. The molecule has 0 atom stereocenters. The smallest absolute Gasteiger partial charge is 0.254 e. The third-order valence-corrected chi connectivity index (χ3v) is 8.26. The maximum Gasteiger partial charge on any atom is 0.261 e. The van der Waals surface area contributed by atoms with Crippen LogP contribution in [0.2, 0.25) is 0 Å². The summed E-state index contributed by atoms with van der Waals surface area (Å²) in [5, 5.41) is 1.34. The van der Waals surface area contributed by atoms with Gasteiger partial charge in [0, 0.05) is 55.7 Å². The minimum atomic E-state index is -3.99. The van der Waals surface area contributed by atoms with Crippen LogP contribution in [0.5, 0.6) is 0 Å². The molecule has 0 unspecified atom stereocenters. The van der Waals surface area contributed by atoms with Crippen molar-refractivity contribution in [2.75, 3.05) is 0 Å². The summed E-state index contributed by atoms with van der Waals surface area (Å²) in [5.74, 6) is 0. The zero-order valence-electron chi connectivity index (χ0n) is 17.2. The van der Waals surface area contributed by atoms with Gasteiger partial charge in [-0.25, -0.2) is 16.8 Å². The minimum absolute atomic E-state index is 0.00720. The first-order valence-electron chi connectivity index (χ1n) is 9.91. The van der Waals surface area contributed by atoms with Gasteiger partial charge in [-0.05, 0) is 35.4 Å². The van der Waals surface area contributed by atoms with E-state index in [4.69, 9.17) is 21.4 Å². The number of hydrogen-bond acceptors (Lipinski definition) is 6. The highest BCUT2D eigenvalue weighted by Gasteiger charge is 2.21. The van der Waals surface area contributed by atoms with E-state index >= 15 is 0 Å². The molecule has 3 aromatic carbocycles. The molecule has 0 saturated heterocycles. The lowest BCUT2D eigenvalue weighted by Gasteiger charge is -2.13. The summed E-state index contributed by atoms with van der Waals surface area (Å²) in [6, 6.07) is 20.0. The predicted octanol–water partition coefficient (Wildman–Crippen LogP) is 5.97. The van der Waals surface area contributed by atoms with Crippen LogP contribution in [-0.4, -0.2) is 26.8 Å². The fourth-order valence-corrected chi connectivity index (χ4v) is 6.27. The molecule has 0 aliphatic carbocycles. The van der Waals surface area contributed by atoms with Crippen LogP contribution in [-0.2, 0) is 18.1 Å². The van der Waals surface area contributed by atoms with Crippen LogP contribution in [0.3, 0.4) is 0 Å². The molecule has 0 amide bonds. The molecule has 0 radical (unpaired) electrons. The predicted molar refractivity (Wildman–Crippen MR) is 134 cm³/mol. The van der Waals surface area contributed by atoms with E-state index in [-0.39, 0.29) is 9.79 Å². The van der Waals surface area contributed by atoms with Crippen LogP contribution in [0.1, 0.15) is 0 Å². The fourth-order valence-electron chi connectivity index (χ4n) is 4.10. The van der Waals surface area contributed by atoms with Crippen molar-refractivity contribution in [2.24, 2.45) is 0 Å². The minimum Gasteiger partial charge on any atom is -0.254 e. The number of aromatic nitrogens is 2. The Hall–Kier alpha value is -3.04. The Bertz CT molecular complexity index is 1690. The lowest BCUT2D eigenvalue weighted by molar-refractivity contribution is 0.608. The highest BCUT2D eigenvalue weighted by atomic mass is 35.7. The Morgan fingerprint density at radius 1 is 0.500 bits per heavy atom. The summed E-state index contributed by atoms with van der Waals surface area (Å²) < 4.78 is 48.7. The molecular weight excluding hydrogens is 515 g/mol. The van der Waals surface area contributed by atoms with E-state index < -0.39 is 18.1 Å². The second-order valence-corrected chi connectivity index (χ2v) is 12.5. The maximum atomic E-state index is 12.2. The highest BCUT2D eigenvalue weighted by molar-refractivity contribution is 8.14. The first-order valence-corrected chi connectivity index (χ1v) is 14.5. The Labute approximate surface area is 204 Å². The molecule has 170 valence electrons. The van der Waals surface area contributed by atoms with E-state index in [0.717, 1.165) is 0 Å². The van der Waals surface area contributed by atoms with Gasteiger partial charge in [0.25, 0.3) is 18.1 Å². The van der Waals surface area contributed by atoms with Gasteiger partial charge in [-0.2, -0.15) is 0 Å². The van der Waals surface area contributed by atoms with E-state index in [1.165, 1.54) is 12.1 Å². The summed E-state index contributed by atoms with van der Waals surface area (Å²) >= 11 is 0. The Kier molecular flexibility index (Phi) is 5.56. The molecule has 6 nitrogen and oxygen atoms in total. The number of pyridine rings is 2. The molecule has 0 aliphatic rings. The van der Waals surface area contributed by atoms with Gasteiger partial charge in [-0.1, -0.05) is 48.5 Å². The zero-order valence-corrected chi connectivity index (χ0v) is 20.3. The molecule has 34 heavy (non-hydrogen) atoms.